The van der Waals surface area contributed by atoms with E-state index >= 15 is 0 Å². The molecule has 0 spiro atoms. The van der Waals surface area contributed by atoms with Crippen LogP contribution in [0.1, 0.15) is 64.7 Å². The number of aliphatic carboxylic acids is 1. The van der Waals surface area contributed by atoms with Crippen molar-refractivity contribution >= 4 is 5.97 Å². The second kappa shape index (κ2) is 8.98. The van der Waals surface area contributed by atoms with Gasteiger partial charge in [0, 0.05) is 19.4 Å². The maximum Gasteiger partial charge on any atom is 0.303 e. The maximum atomic E-state index is 10.8. The number of hydrogen-bond acceptors (Lipinski definition) is 4. The monoisotopic (exact) mass is 390 g/mol. The molecule has 3 N–H and O–H groups in total. The zero-order chi connectivity index (χ0) is 20.3. The Hall–Kier alpha value is -1.35. The molecule has 28 heavy (non-hydrogen) atoms. The van der Waals surface area contributed by atoms with Gasteiger partial charge in [0.1, 0.15) is 6.10 Å². The summed E-state index contributed by atoms with van der Waals surface area (Å²) in [5, 5.41) is 29.9. The highest BCUT2D eigenvalue weighted by Gasteiger charge is 2.62. The fourth-order valence-corrected chi connectivity index (χ4v) is 5.84. The minimum absolute atomic E-state index is 0.0727. The fourth-order valence-electron chi connectivity index (χ4n) is 5.84. The van der Waals surface area contributed by atoms with Crippen molar-refractivity contribution in [3.05, 3.63) is 11.6 Å². The first-order valence-electron chi connectivity index (χ1n) is 10.7. The van der Waals surface area contributed by atoms with Gasteiger partial charge in [-0.3, -0.25) is 4.79 Å². The molecule has 0 aromatic heterocycles. The molecule has 156 valence electrons. The average molecular weight is 391 g/mol. The standard InChI is InChI=1S/C23H34O5/c1-15-19(8-5-9-21(26)27)23(28-2)13-12-20(25)18(22(15)23)11-10-17(24)14-16-6-3-4-7-16/h8,15-18,20,22,24-25H,3-7,9,12-14H2,1-2H3,(H,26,27)/t15?,17?,18-,20+,22+,23-/m1/s1. The lowest BCUT2D eigenvalue weighted by Gasteiger charge is -2.61. The molecule has 5 nitrogen and oxygen atoms in total. The Morgan fingerprint density at radius 1 is 1.36 bits per heavy atom. The van der Waals surface area contributed by atoms with Crippen LogP contribution >= 0.6 is 0 Å². The van der Waals surface area contributed by atoms with Gasteiger partial charge in [0.2, 0.25) is 0 Å². The normalized spacial score (nSPS) is 37.6. The van der Waals surface area contributed by atoms with E-state index in [1.807, 2.05) is 6.08 Å². The summed E-state index contributed by atoms with van der Waals surface area (Å²) in [5.41, 5.74) is 0.693. The SMILES string of the molecule is CO[C@@]12CC[C@H](O)[C@@H](C#CC(O)CC3CCCC3)[C@@H]1C(C)C2=CCCC(=O)O. The lowest BCUT2D eigenvalue weighted by atomic mass is 9.48. The van der Waals surface area contributed by atoms with Crippen molar-refractivity contribution in [2.75, 3.05) is 7.11 Å². The summed E-state index contributed by atoms with van der Waals surface area (Å²) in [4.78, 5) is 10.8. The molecule has 5 heteroatoms. The van der Waals surface area contributed by atoms with Gasteiger partial charge in [0.25, 0.3) is 0 Å². The first-order valence-corrected chi connectivity index (χ1v) is 10.7. The van der Waals surface area contributed by atoms with Crippen LogP contribution in [0.2, 0.25) is 0 Å². The smallest absolute Gasteiger partial charge is 0.303 e. The highest BCUT2D eigenvalue weighted by molar-refractivity contribution is 5.66. The fraction of sp³-hybridized carbons (Fsp3) is 0.783. The third kappa shape index (κ3) is 4.15. The third-order valence-corrected chi connectivity index (χ3v) is 7.20. The first-order chi connectivity index (χ1) is 13.4. The number of carboxylic acid groups (broad SMARTS) is 1. The summed E-state index contributed by atoms with van der Waals surface area (Å²) >= 11 is 0. The first kappa shape index (κ1) is 21.4. The number of carboxylic acids is 1. The summed E-state index contributed by atoms with van der Waals surface area (Å²) in [5.74, 6) is 6.04. The van der Waals surface area contributed by atoms with Crippen molar-refractivity contribution in [1.82, 2.24) is 0 Å². The van der Waals surface area contributed by atoms with Gasteiger partial charge >= 0.3 is 5.97 Å². The topological polar surface area (TPSA) is 87.0 Å². The zero-order valence-corrected chi connectivity index (χ0v) is 17.1. The molecule has 3 saturated carbocycles. The molecular formula is C23H34O5. The Morgan fingerprint density at radius 3 is 2.71 bits per heavy atom. The minimum Gasteiger partial charge on any atom is -0.481 e. The number of aliphatic hydroxyl groups excluding tert-OH is 2. The van der Waals surface area contributed by atoms with E-state index in [0.29, 0.717) is 18.8 Å². The Balaban J connectivity index is 1.72. The highest BCUT2D eigenvalue weighted by Crippen LogP contribution is 2.60. The third-order valence-electron chi connectivity index (χ3n) is 7.20. The van der Waals surface area contributed by atoms with Crippen LogP contribution in [-0.4, -0.2) is 46.2 Å². The highest BCUT2D eigenvalue weighted by atomic mass is 16.5. The van der Waals surface area contributed by atoms with Gasteiger partial charge in [-0.2, -0.15) is 0 Å². The Kier molecular flexibility index (Phi) is 6.85. The molecule has 0 aliphatic heterocycles. The van der Waals surface area contributed by atoms with Gasteiger partial charge in [-0.15, -0.1) is 0 Å². The van der Waals surface area contributed by atoms with Crippen LogP contribution in [-0.2, 0) is 9.53 Å². The van der Waals surface area contributed by atoms with E-state index in [0.717, 1.165) is 18.4 Å². The maximum absolute atomic E-state index is 10.8. The number of methoxy groups -OCH3 is 1. The summed E-state index contributed by atoms with van der Waals surface area (Å²) in [6.45, 7) is 2.11. The molecule has 0 saturated heterocycles. The van der Waals surface area contributed by atoms with Gasteiger partial charge in [-0.05, 0) is 43.1 Å². The number of hydrogen-bond donors (Lipinski definition) is 3. The summed E-state index contributed by atoms with van der Waals surface area (Å²) in [6, 6.07) is 0. The van der Waals surface area contributed by atoms with Gasteiger partial charge in [0.05, 0.1) is 17.6 Å². The van der Waals surface area contributed by atoms with E-state index in [-0.39, 0.29) is 24.2 Å². The lowest BCUT2D eigenvalue weighted by molar-refractivity contribution is -0.162. The van der Waals surface area contributed by atoms with Gasteiger partial charge in [0.15, 0.2) is 0 Å². The van der Waals surface area contributed by atoms with Crippen LogP contribution in [0.25, 0.3) is 0 Å². The minimum atomic E-state index is -0.800. The Labute approximate surface area is 168 Å². The molecule has 0 radical (unpaired) electrons. The van der Waals surface area contributed by atoms with Gasteiger partial charge < -0.3 is 20.1 Å². The predicted octanol–water partition coefficient (Wildman–Crippen LogP) is 3.14. The molecule has 2 unspecified atom stereocenters. The van der Waals surface area contributed by atoms with E-state index in [9.17, 15) is 15.0 Å². The largest absolute Gasteiger partial charge is 0.481 e. The number of aliphatic hydroxyl groups is 2. The number of rotatable bonds is 6. The molecule has 0 bridgehead atoms. The number of fused-ring (bicyclic) bond motifs is 1. The van der Waals surface area contributed by atoms with E-state index in [4.69, 9.17) is 9.84 Å². The quantitative estimate of drug-likeness (QED) is 0.479. The van der Waals surface area contributed by atoms with Crippen LogP contribution in [0.5, 0.6) is 0 Å². The van der Waals surface area contributed by atoms with Gasteiger partial charge in [-0.25, -0.2) is 0 Å². The molecule has 0 aromatic rings. The molecular weight excluding hydrogens is 356 g/mol. The van der Waals surface area contributed by atoms with Crippen molar-refractivity contribution in [2.24, 2.45) is 23.7 Å². The zero-order valence-electron chi connectivity index (χ0n) is 17.1. The molecule has 3 fully saturated rings. The molecule has 0 heterocycles. The molecule has 3 aliphatic carbocycles. The molecule has 0 aromatic carbocycles. The van der Waals surface area contributed by atoms with Crippen LogP contribution in [0.15, 0.2) is 11.6 Å². The van der Waals surface area contributed by atoms with Crippen LogP contribution in [0.3, 0.4) is 0 Å². The van der Waals surface area contributed by atoms with E-state index in [1.54, 1.807) is 7.11 Å². The number of allylic oxidation sites excluding steroid dienone is 1. The summed E-state index contributed by atoms with van der Waals surface area (Å²) in [7, 11) is 1.70. The van der Waals surface area contributed by atoms with E-state index < -0.39 is 23.8 Å². The molecule has 0 amide bonds. The van der Waals surface area contributed by atoms with Crippen LogP contribution < -0.4 is 0 Å². The Morgan fingerprint density at radius 2 is 2.07 bits per heavy atom. The average Bonchev–Trinajstić information content (AvgIpc) is 3.16. The van der Waals surface area contributed by atoms with Crippen molar-refractivity contribution in [2.45, 2.75) is 82.5 Å². The van der Waals surface area contributed by atoms with Crippen molar-refractivity contribution in [3.63, 3.8) is 0 Å². The summed E-state index contributed by atoms with van der Waals surface area (Å²) < 4.78 is 5.95. The second-order valence-corrected chi connectivity index (χ2v) is 8.82. The van der Waals surface area contributed by atoms with Crippen molar-refractivity contribution < 1.29 is 24.9 Å². The van der Waals surface area contributed by atoms with Crippen molar-refractivity contribution in [1.29, 1.82) is 0 Å². The van der Waals surface area contributed by atoms with Gasteiger partial charge in [-0.1, -0.05) is 50.5 Å². The number of ether oxygens (including phenoxy) is 1. The predicted molar refractivity (Wildman–Crippen MR) is 106 cm³/mol. The molecule has 3 aliphatic rings. The second-order valence-electron chi connectivity index (χ2n) is 8.82. The van der Waals surface area contributed by atoms with E-state index in [2.05, 4.69) is 18.8 Å². The molecule has 6 atom stereocenters. The van der Waals surface area contributed by atoms with Crippen LogP contribution in [0, 0.1) is 35.5 Å². The van der Waals surface area contributed by atoms with E-state index in [1.165, 1.54) is 25.7 Å². The Bertz CT molecular complexity index is 654. The van der Waals surface area contributed by atoms with Crippen LogP contribution in [0.4, 0.5) is 0 Å². The summed E-state index contributed by atoms with van der Waals surface area (Å²) in [6.07, 6.45) is 8.39. The number of carbonyl (C=O) groups is 1. The molecule has 3 rings (SSSR count). The van der Waals surface area contributed by atoms with Crippen molar-refractivity contribution in [3.8, 4) is 11.8 Å². The lowest BCUT2D eigenvalue weighted by Crippen LogP contribution is -2.64.